The third kappa shape index (κ3) is 4.09. The molecule has 1 saturated heterocycles. The number of nitrogens with one attached hydrogen (secondary N) is 1. The van der Waals surface area contributed by atoms with E-state index in [0.29, 0.717) is 54.5 Å². The molecule has 0 radical (unpaired) electrons. The zero-order valence-corrected chi connectivity index (χ0v) is 18.4. The number of nitrogens with zero attached hydrogens (tertiary/aromatic N) is 3. The van der Waals surface area contributed by atoms with Crippen molar-refractivity contribution in [2.45, 2.75) is 6.92 Å². The van der Waals surface area contributed by atoms with Gasteiger partial charge >= 0.3 is 0 Å². The van der Waals surface area contributed by atoms with E-state index in [1.165, 1.54) is 11.8 Å². The van der Waals surface area contributed by atoms with E-state index in [1.54, 1.807) is 30.3 Å². The second-order valence-corrected chi connectivity index (χ2v) is 7.94. The van der Waals surface area contributed by atoms with E-state index in [2.05, 4.69) is 5.32 Å². The molecule has 166 valence electrons. The van der Waals surface area contributed by atoms with E-state index in [1.807, 2.05) is 42.1 Å². The van der Waals surface area contributed by atoms with Crippen LogP contribution in [0.3, 0.4) is 0 Å². The van der Waals surface area contributed by atoms with Crippen LogP contribution in [-0.4, -0.2) is 63.0 Å². The van der Waals surface area contributed by atoms with Crippen LogP contribution in [0.4, 0.5) is 17.1 Å². The lowest BCUT2D eigenvalue weighted by molar-refractivity contribution is -0.121. The molecular weight excluding hydrogens is 408 g/mol. The van der Waals surface area contributed by atoms with Gasteiger partial charge in [-0.1, -0.05) is 18.2 Å². The minimum Gasteiger partial charge on any atom is -0.378 e. The van der Waals surface area contributed by atoms with E-state index in [9.17, 15) is 14.4 Å². The molecule has 2 aliphatic heterocycles. The van der Waals surface area contributed by atoms with Crippen molar-refractivity contribution in [1.82, 2.24) is 4.90 Å². The van der Waals surface area contributed by atoms with Gasteiger partial charge in [-0.15, -0.1) is 0 Å². The Morgan fingerprint density at radius 1 is 1.00 bits per heavy atom. The van der Waals surface area contributed by atoms with Gasteiger partial charge in [0.25, 0.3) is 11.8 Å². The summed E-state index contributed by atoms with van der Waals surface area (Å²) < 4.78 is 5.45. The zero-order chi connectivity index (χ0) is 22.8. The largest absolute Gasteiger partial charge is 0.378 e. The highest BCUT2D eigenvalue weighted by Gasteiger charge is 2.42. The summed E-state index contributed by atoms with van der Waals surface area (Å²) in [6.07, 6.45) is 0. The first-order valence-corrected chi connectivity index (χ1v) is 10.5. The van der Waals surface area contributed by atoms with Gasteiger partial charge in [-0.05, 0) is 35.9 Å². The number of anilines is 3. The highest BCUT2D eigenvalue weighted by atomic mass is 16.5. The van der Waals surface area contributed by atoms with E-state index >= 15 is 0 Å². The predicted molar refractivity (Wildman–Crippen MR) is 123 cm³/mol. The molecule has 0 aliphatic carbocycles. The summed E-state index contributed by atoms with van der Waals surface area (Å²) in [4.78, 5) is 43.6. The van der Waals surface area contributed by atoms with Crippen LogP contribution in [0.15, 0.2) is 54.2 Å². The Labute approximate surface area is 187 Å². The number of ether oxygens (including phenoxy) is 1. The van der Waals surface area contributed by atoms with Crippen LogP contribution in [0.25, 0.3) is 5.57 Å². The van der Waals surface area contributed by atoms with Crippen LogP contribution in [0.2, 0.25) is 0 Å². The Morgan fingerprint density at radius 3 is 2.31 bits per heavy atom. The average molecular weight is 434 g/mol. The van der Waals surface area contributed by atoms with Crippen molar-refractivity contribution in [3.05, 3.63) is 59.8 Å². The van der Waals surface area contributed by atoms with Crippen molar-refractivity contribution < 1.29 is 19.1 Å². The number of imide groups is 1. The molecule has 1 fully saturated rings. The van der Waals surface area contributed by atoms with Gasteiger partial charge in [-0.2, -0.15) is 0 Å². The molecule has 0 unspecified atom stereocenters. The molecule has 8 heteroatoms. The predicted octanol–water partition coefficient (Wildman–Crippen LogP) is 2.33. The summed E-state index contributed by atoms with van der Waals surface area (Å²) in [5.41, 5.74) is 3.43. The molecule has 3 amide bonds. The average Bonchev–Trinajstić information content (AvgIpc) is 3.04. The van der Waals surface area contributed by atoms with Crippen LogP contribution >= 0.6 is 0 Å². The summed E-state index contributed by atoms with van der Waals surface area (Å²) in [6, 6.07) is 14.3. The molecule has 8 nitrogen and oxygen atoms in total. The lowest BCUT2D eigenvalue weighted by Crippen LogP contribution is -2.40. The monoisotopic (exact) mass is 434 g/mol. The molecular formula is C24H26N4O4. The molecule has 0 saturated carbocycles. The summed E-state index contributed by atoms with van der Waals surface area (Å²) in [5, 5.41) is 2.72. The summed E-state index contributed by atoms with van der Waals surface area (Å²) in [6.45, 7) is 3.50. The number of morpholine rings is 1. The molecule has 1 N–H and O–H groups in total. The van der Waals surface area contributed by atoms with Crippen LogP contribution in [0, 0.1) is 0 Å². The molecule has 2 aromatic carbocycles. The molecule has 32 heavy (non-hydrogen) atoms. The first-order valence-electron chi connectivity index (χ1n) is 10.5. The molecule has 4 rings (SSSR count). The van der Waals surface area contributed by atoms with Gasteiger partial charge in [-0.3, -0.25) is 14.4 Å². The number of hydrogen-bond donors (Lipinski definition) is 1. The molecule has 2 aliphatic rings. The molecule has 2 aromatic rings. The Kier molecular flexibility index (Phi) is 5.96. The number of hydrogen-bond acceptors (Lipinski definition) is 6. The van der Waals surface area contributed by atoms with Gasteiger partial charge in [0.2, 0.25) is 5.91 Å². The Balaban J connectivity index is 1.77. The lowest BCUT2D eigenvalue weighted by atomic mass is 10.0. The van der Waals surface area contributed by atoms with Crippen molar-refractivity contribution in [2.24, 2.45) is 0 Å². The highest BCUT2D eigenvalue weighted by Crippen LogP contribution is 2.36. The molecule has 0 atom stereocenters. The fourth-order valence-corrected chi connectivity index (χ4v) is 3.93. The second kappa shape index (κ2) is 8.84. The van der Waals surface area contributed by atoms with Gasteiger partial charge in [0.1, 0.15) is 5.70 Å². The second-order valence-electron chi connectivity index (χ2n) is 7.94. The first-order chi connectivity index (χ1) is 15.4. The fraction of sp³-hybridized carbons (Fsp3) is 0.292. The maximum atomic E-state index is 13.6. The number of carbonyl (C=O) groups excluding carboxylic acids is 3. The van der Waals surface area contributed by atoms with Crippen molar-refractivity contribution in [3.63, 3.8) is 0 Å². The topological polar surface area (TPSA) is 82.2 Å². The van der Waals surface area contributed by atoms with Gasteiger partial charge in [0.05, 0.1) is 24.5 Å². The number of carbonyl (C=O) groups is 3. The maximum absolute atomic E-state index is 13.6. The Bertz CT molecular complexity index is 1090. The smallest absolute Gasteiger partial charge is 0.282 e. The number of rotatable bonds is 5. The minimum absolute atomic E-state index is 0.176. The third-order valence-electron chi connectivity index (χ3n) is 5.49. The van der Waals surface area contributed by atoms with Crippen molar-refractivity contribution in [1.29, 1.82) is 0 Å². The zero-order valence-electron chi connectivity index (χ0n) is 18.4. The molecule has 0 bridgehead atoms. The SMILES string of the molecule is CC(=O)Nc1ccc(C2=C(N3CCOCC3)C(=O)N(c3cccc(N(C)C)c3)C2=O)cc1. The van der Waals surface area contributed by atoms with E-state index < -0.39 is 0 Å². The summed E-state index contributed by atoms with van der Waals surface area (Å²) in [7, 11) is 3.82. The molecule has 0 spiro atoms. The van der Waals surface area contributed by atoms with Crippen LogP contribution in [0.1, 0.15) is 12.5 Å². The standard InChI is InChI=1S/C24H26N4O4/c1-16(29)25-18-9-7-17(8-10-18)21-22(27-11-13-32-14-12-27)24(31)28(23(21)30)20-6-4-5-19(15-20)26(2)3/h4-10,15H,11-14H2,1-3H3,(H,25,29). The van der Waals surface area contributed by atoms with Crippen LogP contribution in [-0.2, 0) is 19.1 Å². The van der Waals surface area contributed by atoms with Gasteiger partial charge in [0.15, 0.2) is 0 Å². The number of benzene rings is 2. The highest BCUT2D eigenvalue weighted by molar-refractivity contribution is 6.45. The summed E-state index contributed by atoms with van der Waals surface area (Å²) >= 11 is 0. The van der Waals surface area contributed by atoms with Gasteiger partial charge < -0.3 is 19.9 Å². The van der Waals surface area contributed by atoms with E-state index in [0.717, 1.165) is 5.69 Å². The van der Waals surface area contributed by atoms with Crippen molar-refractivity contribution in [3.8, 4) is 0 Å². The van der Waals surface area contributed by atoms with Crippen molar-refractivity contribution >= 4 is 40.4 Å². The van der Waals surface area contributed by atoms with Crippen molar-refractivity contribution in [2.75, 3.05) is 55.5 Å². The van der Waals surface area contributed by atoms with Crippen LogP contribution < -0.4 is 15.1 Å². The Morgan fingerprint density at radius 2 is 1.69 bits per heavy atom. The van der Waals surface area contributed by atoms with E-state index in [4.69, 9.17) is 4.74 Å². The van der Waals surface area contributed by atoms with Gasteiger partial charge in [-0.25, -0.2) is 4.90 Å². The first kappa shape index (κ1) is 21.6. The van der Waals surface area contributed by atoms with Gasteiger partial charge in [0, 0.05) is 45.5 Å². The lowest BCUT2D eigenvalue weighted by Gasteiger charge is -2.29. The Hall–Kier alpha value is -3.65. The third-order valence-corrected chi connectivity index (χ3v) is 5.49. The quantitative estimate of drug-likeness (QED) is 0.728. The summed E-state index contributed by atoms with van der Waals surface area (Å²) in [5.74, 6) is -0.876. The van der Waals surface area contributed by atoms with Crippen LogP contribution in [0.5, 0.6) is 0 Å². The fourth-order valence-electron chi connectivity index (χ4n) is 3.93. The number of amides is 3. The molecule has 0 aromatic heterocycles. The normalized spacial score (nSPS) is 16.6. The maximum Gasteiger partial charge on any atom is 0.282 e. The molecule has 2 heterocycles. The van der Waals surface area contributed by atoms with E-state index in [-0.39, 0.29) is 17.7 Å². The minimum atomic E-state index is -0.361.